The van der Waals surface area contributed by atoms with Gasteiger partial charge in [0, 0.05) is 16.6 Å². The highest BCUT2D eigenvalue weighted by Crippen LogP contribution is 2.36. The van der Waals surface area contributed by atoms with Crippen LogP contribution in [0.15, 0.2) is 78.2 Å². The van der Waals surface area contributed by atoms with Crippen LogP contribution in [-0.2, 0) is 0 Å². The topological polar surface area (TPSA) is 69.7 Å². The Kier molecular flexibility index (Phi) is 6.14. The first-order valence-corrected chi connectivity index (χ1v) is 10.4. The van der Waals surface area contributed by atoms with E-state index in [-0.39, 0.29) is 0 Å². The minimum absolute atomic E-state index is 0.413. The zero-order valence-corrected chi connectivity index (χ0v) is 17.8. The lowest BCUT2D eigenvalue weighted by Gasteiger charge is -2.10. The second-order valence-electron chi connectivity index (χ2n) is 6.51. The molecule has 0 spiro atoms. The molecule has 6 nitrogen and oxygen atoms in total. The largest absolute Gasteiger partial charge is 0.497 e. The van der Waals surface area contributed by atoms with Crippen LogP contribution in [0.1, 0.15) is 10.4 Å². The molecule has 0 aliphatic heterocycles. The summed E-state index contributed by atoms with van der Waals surface area (Å²) >= 11 is 1.45. The van der Waals surface area contributed by atoms with E-state index < -0.39 is 5.97 Å². The molecule has 0 saturated heterocycles. The van der Waals surface area contributed by atoms with E-state index in [1.54, 1.807) is 56.7 Å². The number of hydrogen-bond donors (Lipinski definition) is 1. The zero-order valence-electron chi connectivity index (χ0n) is 17.0. The minimum Gasteiger partial charge on any atom is -0.497 e. The molecule has 156 valence electrons. The Hall–Kier alpha value is -3.84. The van der Waals surface area contributed by atoms with Gasteiger partial charge in [-0.1, -0.05) is 18.2 Å². The normalized spacial score (nSPS) is 10.4. The molecule has 1 aromatic heterocycles. The summed E-state index contributed by atoms with van der Waals surface area (Å²) in [5, 5.41) is 5.89. The average molecular weight is 433 g/mol. The Morgan fingerprint density at radius 3 is 2.32 bits per heavy atom. The van der Waals surface area contributed by atoms with Crippen molar-refractivity contribution < 1.29 is 19.0 Å². The number of methoxy groups -OCH3 is 2. The first-order chi connectivity index (χ1) is 15.2. The molecule has 3 aromatic carbocycles. The Bertz CT molecular complexity index is 1170. The molecule has 0 fully saturated rings. The van der Waals surface area contributed by atoms with E-state index in [4.69, 9.17) is 14.2 Å². The van der Waals surface area contributed by atoms with E-state index in [2.05, 4.69) is 10.3 Å². The van der Waals surface area contributed by atoms with Crippen LogP contribution in [0.25, 0.3) is 11.3 Å². The van der Waals surface area contributed by atoms with Gasteiger partial charge in [-0.2, -0.15) is 0 Å². The zero-order chi connectivity index (χ0) is 21.6. The second-order valence-corrected chi connectivity index (χ2v) is 7.37. The van der Waals surface area contributed by atoms with Crippen molar-refractivity contribution in [3.63, 3.8) is 0 Å². The lowest BCUT2D eigenvalue weighted by atomic mass is 10.1. The van der Waals surface area contributed by atoms with Crippen LogP contribution in [0.5, 0.6) is 17.2 Å². The van der Waals surface area contributed by atoms with Gasteiger partial charge in [0.1, 0.15) is 17.2 Å². The maximum Gasteiger partial charge on any atom is 0.343 e. The Morgan fingerprint density at radius 2 is 1.61 bits per heavy atom. The summed E-state index contributed by atoms with van der Waals surface area (Å²) in [5.74, 6) is 1.41. The van der Waals surface area contributed by atoms with Gasteiger partial charge < -0.3 is 19.5 Å². The summed E-state index contributed by atoms with van der Waals surface area (Å²) in [6.45, 7) is 0. The molecule has 0 amide bonds. The van der Waals surface area contributed by atoms with Crippen molar-refractivity contribution in [3.05, 3.63) is 83.7 Å². The molecule has 1 N–H and O–H groups in total. The number of nitrogens with zero attached hydrogens (tertiary/aromatic N) is 1. The summed E-state index contributed by atoms with van der Waals surface area (Å²) in [6, 6.07) is 21.7. The molecule has 0 radical (unpaired) electrons. The lowest BCUT2D eigenvalue weighted by Crippen LogP contribution is -2.09. The van der Waals surface area contributed by atoms with Crippen molar-refractivity contribution in [2.75, 3.05) is 19.5 Å². The van der Waals surface area contributed by atoms with Crippen LogP contribution in [0, 0.1) is 0 Å². The SMILES string of the molecule is COc1ccc(Nc2nc(-c3cc(OC)ccc3OC(=O)c3ccccc3)cs2)cc1. The van der Waals surface area contributed by atoms with Gasteiger partial charge in [0.25, 0.3) is 0 Å². The van der Waals surface area contributed by atoms with Crippen LogP contribution in [0.2, 0.25) is 0 Å². The van der Waals surface area contributed by atoms with Crippen molar-refractivity contribution in [3.8, 4) is 28.5 Å². The third-order valence-electron chi connectivity index (χ3n) is 4.52. The summed E-state index contributed by atoms with van der Waals surface area (Å²) < 4.78 is 16.2. The van der Waals surface area contributed by atoms with Gasteiger partial charge in [-0.05, 0) is 54.6 Å². The molecular formula is C24H20N2O4S. The van der Waals surface area contributed by atoms with Gasteiger partial charge in [0.05, 0.1) is 25.5 Å². The standard InChI is InChI=1S/C24H20N2O4S/c1-28-18-10-8-17(9-11-18)25-24-26-21(15-31-24)20-14-19(29-2)12-13-22(20)30-23(27)16-6-4-3-5-7-16/h3-15H,1-2H3,(H,25,26). The molecule has 4 rings (SSSR count). The van der Waals surface area contributed by atoms with Crippen LogP contribution in [-0.4, -0.2) is 25.2 Å². The number of benzene rings is 3. The van der Waals surface area contributed by atoms with E-state index in [0.717, 1.165) is 11.4 Å². The number of rotatable bonds is 7. The lowest BCUT2D eigenvalue weighted by molar-refractivity contribution is 0.0735. The molecule has 7 heteroatoms. The highest BCUT2D eigenvalue weighted by Gasteiger charge is 2.16. The summed E-state index contributed by atoms with van der Waals surface area (Å²) in [5.41, 5.74) is 2.71. The Labute approximate surface area is 184 Å². The number of esters is 1. The highest BCUT2D eigenvalue weighted by atomic mass is 32.1. The number of carbonyl (C=O) groups is 1. The van der Waals surface area contributed by atoms with E-state index in [1.165, 1.54) is 11.3 Å². The van der Waals surface area contributed by atoms with E-state index in [0.29, 0.717) is 33.5 Å². The molecule has 0 unspecified atom stereocenters. The Morgan fingerprint density at radius 1 is 0.903 bits per heavy atom. The molecule has 0 aliphatic rings. The van der Waals surface area contributed by atoms with Gasteiger partial charge in [0.15, 0.2) is 5.13 Å². The third-order valence-corrected chi connectivity index (χ3v) is 5.28. The predicted octanol–water partition coefficient (Wildman–Crippen LogP) is 5.79. The fourth-order valence-electron chi connectivity index (χ4n) is 2.91. The second kappa shape index (κ2) is 9.32. The van der Waals surface area contributed by atoms with Crippen molar-refractivity contribution in [2.45, 2.75) is 0 Å². The summed E-state index contributed by atoms with van der Waals surface area (Å²) in [7, 11) is 3.22. The van der Waals surface area contributed by atoms with Crippen molar-refractivity contribution in [1.29, 1.82) is 0 Å². The monoisotopic (exact) mass is 432 g/mol. The average Bonchev–Trinajstić information content (AvgIpc) is 3.28. The molecule has 31 heavy (non-hydrogen) atoms. The highest BCUT2D eigenvalue weighted by molar-refractivity contribution is 7.14. The fourth-order valence-corrected chi connectivity index (χ4v) is 3.64. The first-order valence-electron chi connectivity index (χ1n) is 9.48. The van der Waals surface area contributed by atoms with Gasteiger partial charge in [0.2, 0.25) is 0 Å². The van der Waals surface area contributed by atoms with Crippen molar-refractivity contribution >= 4 is 28.1 Å². The molecule has 4 aromatic rings. The first kappa shape index (κ1) is 20.4. The van der Waals surface area contributed by atoms with Crippen molar-refractivity contribution in [2.24, 2.45) is 0 Å². The quantitative estimate of drug-likeness (QED) is 0.294. The summed E-state index contributed by atoms with van der Waals surface area (Å²) in [6.07, 6.45) is 0. The molecule has 0 aliphatic carbocycles. The van der Waals surface area contributed by atoms with Gasteiger partial charge in [-0.25, -0.2) is 9.78 Å². The van der Waals surface area contributed by atoms with Crippen molar-refractivity contribution in [1.82, 2.24) is 4.98 Å². The molecular weight excluding hydrogens is 412 g/mol. The van der Waals surface area contributed by atoms with Gasteiger partial charge in [-0.3, -0.25) is 0 Å². The summed E-state index contributed by atoms with van der Waals surface area (Å²) in [4.78, 5) is 17.2. The smallest absolute Gasteiger partial charge is 0.343 e. The predicted molar refractivity (Wildman–Crippen MR) is 122 cm³/mol. The molecule has 0 atom stereocenters. The van der Waals surface area contributed by atoms with Gasteiger partial charge >= 0.3 is 5.97 Å². The van der Waals surface area contributed by atoms with Crippen LogP contribution in [0.3, 0.4) is 0 Å². The Balaban J connectivity index is 1.60. The number of ether oxygens (including phenoxy) is 3. The van der Waals surface area contributed by atoms with E-state index in [1.807, 2.05) is 35.7 Å². The number of nitrogens with one attached hydrogen (secondary N) is 1. The van der Waals surface area contributed by atoms with Crippen LogP contribution < -0.4 is 19.5 Å². The van der Waals surface area contributed by atoms with Gasteiger partial charge in [-0.15, -0.1) is 11.3 Å². The number of thiazole rings is 1. The van der Waals surface area contributed by atoms with Crippen LogP contribution >= 0.6 is 11.3 Å². The minimum atomic E-state index is -0.432. The number of anilines is 2. The number of hydrogen-bond acceptors (Lipinski definition) is 7. The van der Waals surface area contributed by atoms with E-state index in [9.17, 15) is 4.79 Å². The molecule has 1 heterocycles. The molecule has 0 bridgehead atoms. The maximum atomic E-state index is 12.6. The van der Waals surface area contributed by atoms with E-state index >= 15 is 0 Å². The third kappa shape index (κ3) is 4.84. The fraction of sp³-hybridized carbons (Fsp3) is 0.0833. The maximum absolute atomic E-state index is 12.6. The molecule has 0 saturated carbocycles. The number of carbonyl (C=O) groups excluding carboxylic acids is 1. The number of aromatic nitrogens is 1. The van der Waals surface area contributed by atoms with Crippen LogP contribution in [0.4, 0.5) is 10.8 Å².